The number of hydrogen-bond donors (Lipinski definition) is 3. The molecule has 7 nitrogen and oxygen atoms in total. The van der Waals surface area contributed by atoms with E-state index in [1.54, 1.807) is 0 Å². The number of carbonyl (C=O) groups is 2. The standard InChI is InChI=1S/C15H27F2N5O2/c1-20-13(24)22-8-14(9-22)5-7-21(10-15(14,16)17)12(23)11(19)4-2-3-6-18/h11H,2-10,18-19H2,1H3,(H,20,24)/t11-/m1/s1. The van der Waals surface area contributed by atoms with E-state index in [9.17, 15) is 18.4 Å². The molecule has 5 N–H and O–H groups in total. The molecule has 0 saturated carbocycles. The van der Waals surface area contributed by atoms with Gasteiger partial charge < -0.3 is 26.6 Å². The van der Waals surface area contributed by atoms with Gasteiger partial charge >= 0.3 is 6.03 Å². The van der Waals surface area contributed by atoms with Crippen LogP contribution in [0.15, 0.2) is 0 Å². The van der Waals surface area contributed by atoms with Crippen LogP contribution in [0.3, 0.4) is 0 Å². The first-order valence-electron chi connectivity index (χ1n) is 8.35. The minimum Gasteiger partial charge on any atom is -0.341 e. The van der Waals surface area contributed by atoms with E-state index in [0.717, 1.165) is 6.42 Å². The molecule has 0 bridgehead atoms. The lowest BCUT2D eigenvalue weighted by Gasteiger charge is -2.57. The van der Waals surface area contributed by atoms with Gasteiger partial charge in [0.05, 0.1) is 18.0 Å². The van der Waals surface area contributed by atoms with Gasteiger partial charge in [-0.05, 0) is 25.8 Å². The molecule has 2 fully saturated rings. The summed E-state index contributed by atoms with van der Waals surface area (Å²) in [5.74, 6) is -3.45. The third-order valence-corrected chi connectivity index (χ3v) is 5.11. The van der Waals surface area contributed by atoms with Crippen LogP contribution in [0.25, 0.3) is 0 Å². The van der Waals surface area contributed by atoms with Crippen molar-refractivity contribution in [3.8, 4) is 0 Å². The van der Waals surface area contributed by atoms with E-state index in [1.807, 2.05) is 0 Å². The van der Waals surface area contributed by atoms with Crippen LogP contribution in [0.1, 0.15) is 25.7 Å². The van der Waals surface area contributed by atoms with E-state index in [2.05, 4.69) is 5.32 Å². The molecular weight excluding hydrogens is 320 g/mol. The molecule has 0 aromatic carbocycles. The van der Waals surface area contributed by atoms with Gasteiger partial charge in [-0.3, -0.25) is 4.79 Å². The Morgan fingerprint density at radius 3 is 2.42 bits per heavy atom. The number of hydrogen-bond acceptors (Lipinski definition) is 4. The van der Waals surface area contributed by atoms with Gasteiger partial charge in [-0.15, -0.1) is 0 Å². The highest BCUT2D eigenvalue weighted by Gasteiger charge is 2.63. The molecule has 1 atom stereocenters. The minimum atomic E-state index is -3.03. The Labute approximate surface area is 140 Å². The van der Waals surface area contributed by atoms with Crippen LogP contribution in [-0.2, 0) is 4.79 Å². The van der Waals surface area contributed by atoms with Crippen LogP contribution in [0.5, 0.6) is 0 Å². The van der Waals surface area contributed by atoms with Crippen molar-refractivity contribution < 1.29 is 18.4 Å². The quantitative estimate of drug-likeness (QED) is 0.607. The van der Waals surface area contributed by atoms with Gasteiger partial charge in [0.25, 0.3) is 5.92 Å². The fraction of sp³-hybridized carbons (Fsp3) is 0.867. The van der Waals surface area contributed by atoms with Crippen LogP contribution in [0.2, 0.25) is 0 Å². The summed E-state index contributed by atoms with van der Waals surface area (Å²) in [6, 6.07) is -1.11. The Morgan fingerprint density at radius 1 is 1.21 bits per heavy atom. The second kappa shape index (κ2) is 7.18. The summed E-state index contributed by atoms with van der Waals surface area (Å²) in [6.07, 6.45) is 2.09. The molecule has 2 aliphatic heterocycles. The van der Waals surface area contributed by atoms with Gasteiger partial charge in [-0.25, -0.2) is 13.6 Å². The summed E-state index contributed by atoms with van der Waals surface area (Å²) < 4.78 is 29.2. The molecule has 0 unspecified atom stereocenters. The lowest BCUT2D eigenvalue weighted by molar-refractivity contribution is -0.215. The Bertz CT molecular complexity index is 482. The third-order valence-electron chi connectivity index (χ3n) is 5.11. The van der Waals surface area contributed by atoms with Gasteiger partial charge in [-0.1, -0.05) is 6.42 Å². The molecule has 2 rings (SSSR count). The lowest BCUT2D eigenvalue weighted by atomic mass is 9.69. The summed E-state index contributed by atoms with van der Waals surface area (Å²) >= 11 is 0. The van der Waals surface area contributed by atoms with Crippen LogP contribution in [-0.4, -0.2) is 73.5 Å². The molecule has 138 valence electrons. The maximum atomic E-state index is 14.6. The molecule has 2 aliphatic rings. The molecule has 2 saturated heterocycles. The number of nitrogens with zero attached hydrogens (tertiary/aromatic N) is 2. The predicted molar refractivity (Wildman–Crippen MR) is 85.5 cm³/mol. The van der Waals surface area contributed by atoms with Gasteiger partial charge in [0.1, 0.15) is 0 Å². The summed E-state index contributed by atoms with van der Waals surface area (Å²) in [4.78, 5) is 26.3. The molecular formula is C15H27F2N5O2. The number of likely N-dealkylation sites (tertiary alicyclic amines) is 2. The Hall–Kier alpha value is -1.48. The number of halogens is 2. The van der Waals surface area contributed by atoms with Crippen molar-refractivity contribution in [1.29, 1.82) is 0 Å². The van der Waals surface area contributed by atoms with E-state index in [-0.39, 0.29) is 32.1 Å². The Kier molecular flexibility index (Phi) is 5.64. The molecule has 0 aromatic rings. The van der Waals surface area contributed by atoms with Crippen molar-refractivity contribution in [3.63, 3.8) is 0 Å². The topological polar surface area (TPSA) is 105 Å². The molecule has 24 heavy (non-hydrogen) atoms. The molecule has 9 heteroatoms. The fourth-order valence-corrected chi connectivity index (χ4v) is 3.45. The Balaban J connectivity index is 1.92. The van der Waals surface area contributed by atoms with Crippen LogP contribution < -0.4 is 16.8 Å². The first kappa shape index (κ1) is 18.9. The fourth-order valence-electron chi connectivity index (χ4n) is 3.45. The second-order valence-electron chi connectivity index (χ2n) is 6.80. The summed E-state index contributed by atoms with van der Waals surface area (Å²) in [7, 11) is 1.47. The van der Waals surface area contributed by atoms with E-state index in [0.29, 0.717) is 19.4 Å². The van der Waals surface area contributed by atoms with E-state index in [4.69, 9.17) is 11.5 Å². The normalized spacial score (nSPS) is 22.9. The van der Waals surface area contributed by atoms with Crippen LogP contribution >= 0.6 is 0 Å². The van der Waals surface area contributed by atoms with Crippen molar-refractivity contribution in [2.24, 2.45) is 16.9 Å². The van der Waals surface area contributed by atoms with Crippen molar-refractivity contribution in [3.05, 3.63) is 0 Å². The summed E-state index contributed by atoms with van der Waals surface area (Å²) in [5.41, 5.74) is 10.0. The number of unbranched alkanes of at least 4 members (excludes halogenated alkanes) is 1. The number of piperidine rings is 1. The monoisotopic (exact) mass is 347 g/mol. The smallest absolute Gasteiger partial charge is 0.317 e. The highest BCUT2D eigenvalue weighted by molar-refractivity contribution is 5.82. The van der Waals surface area contributed by atoms with Crippen LogP contribution in [0, 0.1) is 5.41 Å². The number of rotatable bonds is 5. The molecule has 0 radical (unpaired) electrons. The van der Waals surface area contributed by atoms with Crippen molar-refractivity contribution >= 4 is 11.9 Å². The van der Waals surface area contributed by atoms with Crippen molar-refractivity contribution in [2.45, 2.75) is 37.6 Å². The first-order valence-corrected chi connectivity index (χ1v) is 8.35. The van der Waals surface area contributed by atoms with E-state index >= 15 is 0 Å². The molecule has 2 heterocycles. The van der Waals surface area contributed by atoms with Crippen molar-refractivity contribution in [2.75, 3.05) is 39.8 Å². The van der Waals surface area contributed by atoms with Crippen LogP contribution in [0.4, 0.5) is 13.6 Å². The van der Waals surface area contributed by atoms with E-state index < -0.39 is 29.8 Å². The Morgan fingerprint density at radius 2 is 1.88 bits per heavy atom. The molecule has 1 spiro atoms. The number of urea groups is 1. The molecule has 0 aliphatic carbocycles. The summed E-state index contributed by atoms with van der Waals surface area (Å²) in [6.45, 7) is 0.181. The zero-order valence-electron chi connectivity index (χ0n) is 14.1. The zero-order chi connectivity index (χ0) is 18.0. The predicted octanol–water partition coefficient (Wildman–Crippen LogP) is -0.0483. The third kappa shape index (κ3) is 3.46. The summed E-state index contributed by atoms with van der Waals surface area (Å²) in [5, 5.41) is 2.43. The van der Waals surface area contributed by atoms with Gasteiger partial charge in [0.15, 0.2) is 0 Å². The van der Waals surface area contributed by atoms with Gasteiger partial charge in [0, 0.05) is 26.7 Å². The minimum absolute atomic E-state index is 0.0181. The highest BCUT2D eigenvalue weighted by Crippen LogP contribution is 2.50. The SMILES string of the molecule is CNC(=O)N1CC2(CCN(C(=O)[C@H](N)CCCCN)CC2(F)F)C1. The average molecular weight is 347 g/mol. The first-order chi connectivity index (χ1) is 11.3. The number of carbonyl (C=O) groups excluding carboxylic acids is 2. The number of nitrogens with one attached hydrogen (secondary N) is 1. The average Bonchev–Trinajstić information content (AvgIpc) is 2.50. The molecule has 0 aromatic heterocycles. The maximum absolute atomic E-state index is 14.6. The number of alkyl halides is 2. The largest absolute Gasteiger partial charge is 0.341 e. The van der Waals surface area contributed by atoms with Crippen molar-refractivity contribution in [1.82, 2.24) is 15.1 Å². The maximum Gasteiger partial charge on any atom is 0.317 e. The number of amides is 3. The second-order valence-corrected chi connectivity index (χ2v) is 6.80. The number of nitrogens with two attached hydrogens (primary N) is 2. The van der Waals surface area contributed by atoms with Gasteiger partial charge in [0.2, 0.25) is 5.91 Å². The molecule has 3 amide bonds. The lowest BCUT2D eigenvalue weighted by Crippen LogP contribution is -2.72. The van der Waals surface area contributed by atoms with Gasteiger partial charge in [-0.2, -0.15) is 0 Å². The highest BCUT2D eigenvalue weighted by atomic mass is 19.3. The zero-order valence-corrected chi connectivity index (χ0v) is 14.1. The van der Waals surface area contributed by atoms with E-state index in [1.165, 1.54) is 16.8 Å².